The van der Waals surface area contributed by atoms with E-state index >= 15 is 0 Å². The molecule has 1 aliphatic carbocycles. The molecule has 0 amide bonds. The van der Waals surface area contributed by atoms with Crippen LogP contribution in [0.2, 0.25) is 0 Å². The van der Waals surface area contributed by atoms with Crippen LogP contribution < -0.4 is 0 Å². The van der Waals surface area contributed by atoms with Gasteiger partial charge in [0, 0.05) is 0 Å². The van der Waals surface area contributed by atoms with E-state index < -0.39 is 0 Å². The summed E-state index contributed by atoms with van der Waals surface area (Å²) >= 11 is 0. The Hall–Kier alpha value is -1.79. The zero-order chi connectivity index (χ0) is 17.6. The number of aryl methyl sites for hydroxylation is 2. The number of nitrogens with zero attached hydrogens (tertiary/aromatic N) is 1. The predicted octanol–water partition coefficient (Wildman–Crippen LogP) is 4.80. The van der Waals surface area contributed by atoms with E-state index in [9.17, 15) is 0 Å². The van der Waals surface area contributed by atoms with Crippen LogP contribution in [0.15, 0.2) is 48.5 Å². The lowest BCUT2D eigenvalue weighted by Crippen LogP contribution is -2.29. The summed E-state index contributed by atoms with van der Waals surface area (Å²) in [4.78, 5) is 2.45. The van der Waals surface area contributed by atoms with Crippen molar-refractivity contribution in [3.8, 4) is 11.8 Å². The van der Waals surface area contributed by atoms with E-state index in [-0.39, 0.29) is 18.5 Å². The molecule has 0 atom stereocenters. The van der Waals surface area contributed by atoms with Crippen molar-refractivity contribution >= 4 is 12.4 Å². The zero-order valence-corrected chi connectivity index (χ0v) is 16.6. The lowest BCUT2D eigenvalue weighted by molar-refractivity contribution is 0.108. The minimum atomic E-state index is -0.00538. The summed E-state index contributed by atoms with van der Waals surface area (Å²) in [5.41, 5.74) is 5.40. The summed E-state index contributed by atoms with van der Waals surface area (Å²) in [5.74, 6) is 6.56. The van der Waals surface area contributed by atoms with Crippen LogP contribution in [-0.2, 0) is 17.6 Å². The third-order valence-corrected chi connectivity index (χ3v) is 5.54. The second kappa shape index (κ2) is 9.95. The molecule has 2 nitrogen and oxygen atoms in total. The van der Waals surface area contributed by atoms with Crippen molar-refractivity contribution < 1.29 is 4.74 Å². The molecule has 0 radical (unpaired) electrons. The van der Waals surface area contributed by atoms with E-state index in [1.54, 1.807) is 0 Å². The van der Waals surface area contributed by atoms with E-state index in [4.69, 9.17) is 4.74 Å². The first-order valence-electron chi connectivity index (χ1n) is 9.87. The van der Waals surface area contributed by atoms with Gasteiger partial charge in [-0.15, -0.1) is 12.4 Å². The number of likely N-dealkylation sites (tertiary alicyclic amines) is 1. The summed E-state index contributed by atoms with van der Waals surface area (Å²) in [6, 6.07) is 17.4. The molecule has 1 saturated heterocycles. The van der Waals surface area contributed by atoms with Crippen LogP contribution >= 0.6 is 12.4 Å². The summed E-state index contributed by atoms with van der Waals surface area (Å²) in [5, 5.41) is 0. The van der Waals surface area contributed by atoms with Crippen LogP contribution in [-0.4, -0.2) is 31.1 Å². The van der Waals surface area contributed by atoms with Crippen molar-refractivity contribution in [3.05, 3.63) is 70.8 Å². The summed E-state index contributed by atoms with van der Waals surface area (Å²) in [6.45, 7) is 3.75. The highest BCUT2D eigenvalue weighted by Crippen LogP contribution is 2.34. The fourth-order valence-electron chi connectivity index (χ4n) is 4.11. The van der Waals surface area contributed by atoms with Crippen molar-refractivity contribution in [2.75, 3.05) is 26.2 Å². The van der Waals surface area contributed by atoms with Gasteiger partial charge in [0.2, 0.25) is 0 Å². The second-order valence-corrected chi connectivity index (χ2v) is 7.28. The minimum absolute atomic E-state index is 0. The van der Waals surface area contributed by atoms with Crippen LogP contribution in [0.5, 0.6) is 0 Å². The van der Waals surface area contributed by atoms with E-state index in [1.165, 1.54) is 54.6 Å². The molecule has 0 spiro atoms. The molecule has 1 heterocycles. The number of halogens is 1. The predicted molar refractivity (Wildman–Crippen MR) is 113 cm³/mol. The smallest absolute Gasteiger partial charge is 0.109 e. The molecule has 1 aliphatic heterocycles. The van der Waals surface area contributed by atoms with Gasteiger partial charge in [-0.05, 0) is 61.0 Å². The summed E-state index contributed by atoms with van der Waals surface area (Å²) < 4.78 is 6.31. The SMILES string of the molecule is C(#CCN1CCCCC1)COC1c2ccccc2CCc2ccccc21.Cl. The molecule has 2 aliphatic rings. The van der Waals surface area contributed by atoms with Crippen LogP contribution in [0, 0.1) is 11.8 Å². The normalized spacial score (nSPS) is 16.9. The molecule has 0 aromatic heterocycles. The molecule has 2 aromatic carbocycles. The molecule has 0 saturated carbocycles. The van der Waals surface area contributed by atoms with E-state index in [1.807, 2.05) is 0 Å². The van der Waals surface area contributed by atoms with Gasteiger partial charge in [0.25, 0.3) is 0 Å². The Labute approximate surface area is 169 Å². The van der Waals surface area contributed by atoms with E-state index in [0.717, 1.165) is 19.4 Å². The van der Waals surface area contributed by atoms with Gasteiger partial charge in [-0.25, -0.2) is 0 Å². The summed E-state index contributed by atoms with van der Waals surface area (Å²) in [6.07, 6.45) is 6.14. The average Bonchev–Trinajstić information content (AvgIpc) is 2.86. The molecule has 0 bridgehead atoms. The monoisotopic (exact) mass is 381 g/mol. The first-order valence-corrected chi connectivity index (χ1v) is 9.87. The molecular weight excluding hydrogens is 354 g/mol. The van der Waals surface area contributed by atoms with Crippen molar-refractivity contribution in [3.63, 3.8) is 0 Å². The van der Waals surface area contributed by atoms with Crippen molar-refractivity contribution in [2.24, 2.45) is 0 Å². The maximum absolute atomic E-state index is 6.31. The topological polar surface area (TPSA) is 12.5 Å². The first kappa shape index (κ1) is 20.0. The number of ether oxygens (including phenoxy) is 1. The van der Waals surface area contributed by atoms with Crippen molar-refractivity contribution in [1.82, 2.24) is 4.90 Å². The molecule has 0 unspecified atom stereocenters. The Bertz CT molecular complexity index is 754. The quantitative estimate of drug-likeness (QED) is 0.708. The van der Waals surface area contributed by atoms with E-state index in [0.29, 0.717) is 6.61 Å². The zero-order valence-electron chi connectivity index (χ0n) is 15.8. The highest BCUT2D eigenvalue weighted by atomic mass is 35.5. The number of benzene rings is 2. The van der Waals surface area contributed by atoms with Crippen molar-refractivity contribution in [2.45, 2.75) is 38.2 Å². The molecule has 27 heavy (non-hydrogen) atoms. The number of rotatable bonds is 3. The molecule has 4 rings (SSSR count). The third-order valence-electron chi connectivity index (χ3n) is 5.54. The Balaban J connectivity index is 0.00000210. The second-order valence-electron chi connectivity index (χ2n) is 7.28. The van der Waals surface area contributed by atoms with Gasteiger partial charge < -0.3 is 4.74 Å². The molecule has 142 valence electrons. The number of hydrogen-bond acceptors (Lipinski definition) is 2. The summed E-state index contributed by atoms with van der Waals surface area (Å²) in [7, 11) is 0. The van der Waals surface area contributed by atoms with Gasteiger partial charge in [0.15, 0.2) is 0 Å². The van der Waals surface area contributed by atoms with Crippen LogP contribution in [0.1, 0.15) is 47.6 Å². The Morgan fingerprint density at radius 1 is 0.815 bits per heavy atom. The van der Waals surface area contributed by atoms with Gasteiger partial charge in [0.1, 0.15) is 12.7 Å². The fraction of sp³-hybridized carbons (Fsp3) is 0.417. The number of piperidine rings is 1. The standard InChI is InChI=1S/C24H27NO.ClH/c1-6-16-25(17-7-1)18-8-9-19-26-24-22-12-4-2-10-20(22)14-15-21-11-3-5-13-23(21)24;/h2-5,10-13,24H,1,6-7,14-19H2;1H. The highest BCUT2D eigenvalue weighted by Gasteiger charge is 2.23. The lowest BCUT2D eigenvalue weighted by Gasteiger charge is -2.23. The number of fused-ring (bicyclic) bond motifs is 2. The highest BCUT2D eigenvalue weighted by molar-refractivity contribution is 5.85. The average molecular weight is 382 g/mol. The largest absolute Gasteiger partial charge is 0.356 e. The Morgan fingerprint density at radius 3 is 2.04 bits per heavy atom. The van der Waals surface area contributed by atoms with Crippen molar-refractivity contribution in [1.29, 1.82) is 0 Å². The van der Waals surface area contributed by atoms with E-state index in [2.05, 4.69) is 65.3 Å². The minimum Gasteiger partial charge on any atom is -0.356 e. The molecular formula is C24H28ClNO. The maximum Gasteiger partial charge on any atom is 0.109 e. The molecule has 0 N–H and O–H groups in total. The van der Waals surface area contributed by atoms with Crippen LogP contribution in [0.25, 0.3) is 0 Å². The molecule has 2 aromatic rings. The number of hydrogen-bond donors (Lipinski definition) is 0. The van der Waals surface area contributed by atoms with Crippen LogP contribution in [0.4, 0.5) is 0 Å². The maximum atomic E-state index is 6.31. The van der Waals surface area contributed by atoms with Gasteiger partial charge in [-0.1, -0.05) is 66.8 Å². The van der Waals surface area contributed by atoms with Gasteiger partial charge in [-0.2, -0.15) is 0 Å². The molecule has 1 fully saturated rings. The third kappa shape index (κ3) is 4.93. The van der Waals surface area contributed by atoms with Gasteiger partial charge in [-0.3, -0.25) is 4.90 Å². The van der Waals surface area contributed by atoms with Gasteiger partial charge in [0.05, 0.1) is 6.54 Å². The van der Waals surface area contributed by atoms with Crippen LogP contribution in [0.3, 0.4) is 0 Å². The molecule has 3 heteroatoms. The van der Waals surface area contributed by atoms with Gasteiger partial charge >= 0.3 is 0 Å². The Morgan fingerprint density at radius 2 is 1.41 bits per heavy atom. The fourth-order valence-corrected chi connectivity index (χ4v) is 4.11. The lowest BCUT2D eigenvalue weighted by atomic mass is 9.97. The first-order chi connectivity index (χ1) is 12.9. The Kier molecular flexibility index (Phi) is 7.35.